The van der Waals surface area contributed by atoms with E-state index >= 15 is 0 Å². The van der Waals surface area contributed by atoms with E-state index in [0.29, 0.717) is 37.4 Å². The molecular weight excluding hydrogens is 356 g/mol. The number of carbonyl (C=O) groups is 1. The van der Waals surface area contributed by atoms with Gasteiger partial charge in [0.15, 0.2) is 11.5 Å². The molecule has 7 nitrogen and oxygen atoms in total. The summed E-state index contributed by atoms with van der Waals surface area (Å²) in [4.78, 5) is 14.4. The van der Waals surface area contributed by atoms with Gasteiger partial charge in [-0.05, 0) is 42.9 Å². The molecule has 1 aromatic carbocycles. The number of methoxy groups -OCH3 is 2. The second-order valence-corrected chi connectivity index (χ2v) is 8.49. The van der Waals surface area contributed by atoms with Crippen LogP contribution in [0.4, 0.5) is 0 Å². The van der Waals surface area contributed by atoms with Gasteiger partial charge in [-0.2, -0.15) is 0 Å². The number of benzene rings is 1. The maximum absolute atomic E-state index is 12.5. The van der Waals surface area contributed by atoms with Crippen LogP contribution in [0.3, 0.4) is 0 Å². The van der Waals surface area contributed by atoms with Gasteiger partial charge in [0.05, 0.1) is 20.5 Å². The van der Waals surface area contributed by atoms with Gasteiger partial charge < -0.3 is 14.4 Å². The van der Waals surface area contributed by atoms with Gasteiger partial charge in [-0.15, -0.1) is 0 Å². The molecule has 8 heteroatoms. The van der Waals surface area contributed by atoms with Crippen molar-refractivity contribution in [2.75, 3.05) is 40.1 Å². The fourth-order valence-electron chi connectivity index (χ4n) is 3.17. The standard InChI is InChI=1S/C18H28N2O5S/c1-24-16-8-6-14(11-17(16)25-2)7-9-18(21)20-10-4-5-15(13-20)12-19-26(3,22)23/h6,8,11,15,19H,4-5,7,9-10,12-13H2,1-3H3/t15-/m1/s1. The first kappa shape index (κ1) is 20.5. The lowest BCUT2D eigenvalue weighted by atomic mass is 9.97. The molecule has 1 amide bonds. The fraction of sp³-hybridized carbons (Fsp3) is 0.611. The third kappa shape index (κ3) is 6.17. The molecule has 0 aliphatic carbocycles. The number of hydrogen-bond acceptors (Lipinski definition) is 5. The number of carbonyl (C=O) groups excluding carboxylic acids is 1. The van der Waals surface area contributed by atoms with E-state index in [9.17, 15) is 13.2 Å². The minimum absolute atomic E-state index is 0.101. The number of amides is 1. The molecule has 0 saturated carbocycles. The Morgan fingerprint density at radius 2 is 2.00 bits per heavy atom. The van der Waals surface area contributed by atoms with Crippen molar-refractivity contribution in [3.05, 3.63) is 23.8 Å². The number of likely N-dealkylation sites (tertiary alicyclic amines) is 1. The van der Waals surface area contributed by atoms with Crippen LogP contribution in [0.25, 0.3) is 0 Å². The molecule has 146 valence electrons. The smallest absolute Gasteiger partial charge is 0.222 e. The molecule has 1 aliphatic rings. The van der Waals surface area contributed by atoms with Crippen molar-refractivity contribution >= 4 is 15.9 Å². The zero-order chi connectivity index (χ0) is 19.2. The summed E-state index contributed by atoms with van der Waals surface area (Å²) in [6, 6.07) is 5.66. The van der Waals surface area contributed by atoms with E-state index in [1.54, 1.807) is 14.2 Å². The predicted molar refractivity (Wildman–Crippen MR) is 100 cm³/mol. The van der Waals surface area contributed by atoms with Crippen LogP contribution in [0.2, 0.25) is 0 Å². The number of sulfonamides is 1. The molecule has 26 heavy (non-hydrogen) atoms. The Bertz CT molecular complexity index is 720. The van der Waals surface area contributed by atoms with Gasteiger partial charge in [0.25, 0.3) is 0 Å². The number of hydrogen-bond donors (Lipinski definition) is 1. The normalized spacial score (nSPS) is 17.8. The summed E-state index contributed by atoms with van der Waals surface area (Å²) in [7, 11) is -0.0172. The Morgan fingerprint density at radius 3 is 2.65 bits per heavy atom. The highest BCUT2D eigenvalue weighted by atomic mass is 32.2. The Labute approximate surface area is 155 Å². The number of nitrogens with zero attached hydrogens (tertiary/aromatic N) is 1. The van der Waals surface area contributed by atoms with E-state index in [-0.39, 0.29) is 11.8 Å². The zero-order valence-electron chi connectivity index (χ0n) is 15.7. The molecule has 0 aromatic heterocycles. The average molecular weight is 384 g/mol. The summed E-state index contributed by atoms with van der Waals surface area (Å²) in [5.74, 6) is 1.59. The van der Waals surface area contributed by atoms with E-state index in [1.807, 2.05) is 23.1 Å². The maximum Gasteiger partial charge on any atom is 0.222 e. The topological polar surface area (TPSA) is 84.9 Å². The second-order valence-electron chi connectivity index (χ2n) is 6.66. The molecule has 0 radical (unpaired) electrons. The second kappa shape index (κ2) is 9.23. The first-order valence-electron chi connectivity index (χ1n) is 8.75. The highest BCUT2D eigenvalue weighted by molar-refractivity contribution is 7.88. The molecule has 1 aromatic rings. The molecule has 1 fully saturated rings. The Kier molecular flexibility index (Phi) is 7.28. The lowest BCUT2D eigenvalue weighted by Crippen LogP contribution is -2.43. The van der Waals surface area contributed by atoms with Crippen LogP contribution >= 0.6 is 0 Å². The zero-order valence-corrected chi connectivity index (χ0v) is 16.5. The first-order valence-corrected chi connectivity index (χ1v) is 10.6. The van der Waals surface area contributed by atoms with Crippen molar-refractivity contribution in [2.24, 2.45) is 5.92 Å². The summed E-state index contributed by atoms with van der Waals surface area (Å²) in [5, 5.41) is 0. The van der Waals surface area contributed by atoms with Gasteiger partial charge in [-0.1, -0.05) is 6.07 Å². The molecule has 1 aliphatic heterocycles. The Balaban J connectivity index is 1.87. The summed E-state index contributed by atoms with van der Waals surface area (Å²) in [6.45, 7) is 1.73. The van der Waals surface area contributed by atoms with Crippen molar-refractivity contribution in [1.82, 2.24) is 9.62 Å². The molecule has 0 bridgehead atoms. The van der Waals surface area contributed by atoms with Gasteiger partial charge in [0.2, 0.25) is 15.9 Å². The minimum atomic E-state index is -3.20. The SMILES string of the molecule is COc1ccc(CCC(=O)N2CCC[C@H](CNS(C)(=O)=O)C2)cc1OC. The molecule has 0 unspecified atom stereocenters. The van der Waals surface area contributed by atoms with E-state index in [0.717, 1.165) is 31.2 Å². The minimum Gasteiger partial charge on any atom is -0.493 e. The summed E-state index contributed by atoms with van der Waals surface area (Å²) in [6.07, 6.45) is 4.03. The number of ether oxygens (including phenoxy) is 2. The van der Waals surface area contributed by atoms with Crippen LogP contribution in [-0.4, -0.2) is 59.3 Å². The molecular formula is C18H28N2O5S. The summed E-state index contributed by atoms with van der Waals surface area (Å²) in [5.41, 5.74) is 1.02. The molecule has 0 spiro atoms. The molecule has 1 N–H and O–H groups in total. The number of nitrogens with one attached hydrogen (secondary N) is 1. The van der Waals surface area contributed by atoms with E-state index < -0.39 is 10.0 Å². The molecule has 1 heterocycles. The Hall–Kier alpha value is -1.80. The molecule has 1 saturated heterocycles. The van der Waals surface area contributed by atoms with E-state index in [4.69, 9.17) is 9.47 Å². The van der Waals surface area contributed by atoms with Gasteiger partial charge in [-0.3, -0.25) is 4.79 Å². The lowest BCUT2D eigenvalue weighted by Gasteiger charge is -2.33. The molecule has 1 atom stereocenters. The highest BCUT2D eigenvalue weighted by Crippen LogP contribution is 2.28. The van der Waals surface area contributed by atoms with Gasteiger partial charge >= 0.3 is 0 Å². The number of aryl methyl sites for hydroxylation is 1. The van der Waals surface area contributed by atoms with Crippen molar-refractivity contribution in [2.45, 2.75) is 25.7 Å². The van der Waals surface area contributed by atoms with Crippen LogP contribution in [0.5, 0.6) is 11.5 Å². The largest absolute Gasteiger partial charge is 0.493 e. The lowest BCUT2D eigenvalue weighted by molar-refractivity contribution is -0.132. The Morgan fingerprint density at radius 1 is 1.27 bits per heavy atom. The fourth-order valence-corrected chi connectivity index (χ4v) is 3.71. The van der Waals surface area contributed by atoms with Crippen LogP contribution in [0.15, 0.2) is 18.2 Å². The monoisotopic (exact) mass is 384 g/mol. The third-order valence-electron chi connectivity index (χ3n) is 4.58. The van der Waals surface area contributed by atoms with E-state index in [1.165, 1.54) is 0 Å². The van der Waals surface area contributed by atoms with Gasteiger partial charge in [0, 0.05) is 26.1 Å². The predicted octanol–water partition coefficient (Wildman–Crippen LogP) is 1.42. The summed E-state index contributed by atoms with van der Waals surface area (Å²) < 4.78 is 35.5. The van der Waals surface area contributed by atoms with Gasteiger partial charge in [0.1, 0.15) is 0 Å². The molecule has 2 rings (SSSR count). The number of piperidine rings is 1. The van der Waals surface area contributed by atoms with Crippen LogP contribution in [0.1, 0.15) is 24.8 Å². The van der Waals surface area contributed by atoms with Crippen molar-refractivity contribution in [3.63, 3.8) is 0 Å². The van der Waals surface area contributed by atoms with Crippen LogP contribution < -0.4 is 14.2 Å². The van der Waals surface area contributed by atoms with Crippen LogP contribution in [-0.2, 0) is 21.2 Å². The van der Waals surface area contributed by atoms with Crippen molar-refractivity contribution < 1.29 is 22.7 Å². The van der Waals surface area contributed by atoms with E-state index in [2.05, 4.69) is 4.72 Å². The maximum atomic E-state index is 12.5. The van der Waals surface area contributed by atoms with Crippen LogP contribution in [0, 0.1) is 5.92 Å². The third-order valence-corrected chi connectivity index (χ3v) is 5.27. The first-order chi connectivity index (χ1) is 12.3. The van der Waals surface area contributed by atoms with Crippen molar-refractivity contribution in [3.8, 4) is 11.5 Å². The number of rotatable bonds is 8. The van der Waals surface area contributed by atoms with Gasteiger partial charge in [-0.25, -0.2) is 13.1 Å². The summed E-state index contributed by atoms with van der Waals surface area (Å²) >= 11 is 0. The average Bonchev–Trinajstić information content (AvgIpc) is 2.63. The quantitative estimate of drug-likeness (QED) is 0.733. The van der Waals surface area contributed by atoms with Crippen molar-refractivity contribution in [1.29, 1.82) is 0 Å². The highest BCUT2D eigenvalue weighted by Gasteiger charge is 2.24.